The second-order valence-electron chi connectivity index (χ2n) is 20.4. The Morgan fingerprint density at radius 1 is 0.459 bits per heavy atom. The van der Waals surface area contributed by atoms with Crippen molar-refractivity contribution in [2.75, 3.05) is 33.0 Å². The molecule has 0 spiro atoms. The summed E-state index contributed by atoms with van der Waals surface area (Å²) in [6.07, 6.45) is 41.3. The first-order valence-electron chi connectivity index (χ1n) is 29.4. The Labute approximate surface area is 447 Å². The summed E-state index contributed by atoms with van der Waals surface area (Å²) < 4.78 is 34.4. The van der Waals surface area contributed by atoms with Crippen molar-refractivity contribution in [1.29, 1.82) is 0 Å². The highest BCUT2D eigenvalue weighted by molar-refractivity contribution is 5.69. The summed E-state index contributed by atoms with van der Waals surface area (Å²) in [6.45, 7) is 3.57. The minimum atomic E-state index is -1.71. The van der Waals surface area contributed by atoms with E-state index in [2.05, 4.69) is 74.6 Å². The van der Waals surface area contributed by atoms with Crippen LogP contribution in [0.4, 0.5) is 0 Å². The molecule has 0 radical (unpaired) electrons. The molecule has 0 amide bonds. The lowest BCUT2D eigenvalue weighted by Crippen LogP contribution is -2.61. The lowest BCUT2D eigenvalue weighted by molar-refractivity contribution is -0.332. The third-order valence-electron chi connectivity index (χ3n) is 13.8. The molecule has 2 aliphatic heterocycles. The molecule has 14 nitrogen and oxygen atoms in total. The van der Waals surface area contributed by atoms with Gasteiger partial charge in [0.05, 0.1) is 26.4 Å². The number of aliphatic hydroxyl groups excluding tert-OH is 7. The molecule has 2 rings (SSSR count). The number of ether oxygens (including phenoxy) is 6. The molecule has 0 bridgehead atoms. The Kier molecular flexibility index (Phi) is 42.8. The fourth-order valence-corrected chi connectivity index (χ4v) is 9.04. The number of unbranched alkanes of at least 4 members (excludes halogenated alkanes) is 23. The number of carbonyl (C=O) groups excluding carboxylic acids is 1. The SMILES string of the molecule is CC/C=C\C/C=C\C/C=C\C/C=C\CCCCCCCCCCCOCC(COC1OC(COC2OC(CO)C(O)C(O)C2O)C(O)C(O)C1O)OC(=O)CCCCCCCCC/C=C\CCCCCCCCC. The quantitative estimate of drug-likeness (QED) is 0.0172. The van der Waals surface area contributed by atoms with Crippen LogP contribution in [0, 0.1) is 0 Å². The van der Waals surface area contributed by atoms with Crippen LogP contribution in [0.1, 0.15) is 213 Å². The minimum absolute atomic E-state index is 0.0542. The van der Waals surface area contributed by atoms with Gasteiger partial charge in [-0.1, -0.05) is 190 Å². The molecular weight excluding hydrogens is 945 g/mol. The number of aliphatic hydroxyl groups is 7. The van der Waals surface area contributed by atoms with Gasteiger partial charge < -0.3 is 64.2 Å². The number of carbonyl (C=O) groups is 1. The molecule has 0 saturated carbocycles. The van der Waals surface area contributed by atoms with Crippen molar-refractivity contribution in [1.82, 2.24) is 0 Å². The Bertz CT molecular complexity index is 1450. The van der Waals surface area contributed by atoms with Crippen molar-refractivity contribution >= 4 is 5.97 Å². The van der Waals surface area contributed by atoms with Crippen LogP contribution in [0.5, 0.6) is 0 Å². The van der Waals surface area contributed by atoms with Crippen molar-refractivity contribution in [2.45, 2.75) is 280 Å². The maximum atomic E-state index is 13.1. The Morgan fingerprint density at radius 3 is 1.39 bits per heavy atom. The summed E-state index contributed by atoms with van der Waals surface area (Å²) >= 11 is 0. The van der Waals surface area contributed by atoms with Gasteiger partial charge in [0.25, 0.3) is 0 Å². The second-order valence-corrected chi connectivity index (χ2v) is 20.4. The van der Waals surface area contributed by atoms with Crippen molar-refractivity contribution in [2.24, 2.45) is 0 Å². The summed E-state index contributed by atoms with van der Waals surface area (Å²) in [6, 6.07) is 0. The van der Waals surface area contributed by atoms with Crippen LogP contribution in [-0.2, 0) is 33.2 Å². The van der Waals surface area contributed by atoms with Gasteiger partial charge in [0.15, 0.2) is 12.6 Å². The van der Waals surface area contributed by atoms with E-state index >= 15 is 0 Å². The zero-order valence-corrected chi connectivity index (χ0v) is 46.1. The molecule has 430 valence electrons. The van der Waals surface area contributed by atoms with Crippen LogP contribution in [0.3, 0.4) is 0 Å². The van der Waals surface area contributed by atoms with Gasteiger partial charge in [0, 0.05) is 13.0 Å². The minimum Gasteiger partial charge on any atom is -0.457 e. The van der Waals surface area contributed by atoms with Gasteiger partial charge >= 0.3 is 5.97 Å². The summed E-state index contributed by atoms with van der Waals surface area (Å²) in [4.78, 5) is 13.1. The van der Waals surface area contributed by atoms with E-state index in [0.717, 1.165) is 77.0 Å². The van der Waals surface area contributed by atoms with E-state index in [1.165, 1.54) is 109 Å². The molecule has 0 aromatic carbocycles. The van der Waals surface area contributed by atoms with Gasteiger partial charge in [-0.05, 0) is 77.0 Å². The van der Waals surface area contributed by atoms with E-state index in [4.69, 9.17) is 28.4 Å². The standard InChI is InChI=1S/C60H106O14/c1-3-5-7-9-11-13-15-17-19-21-23-24-25-26-28-30-32-34-36-38-40-42-44-69-46-49(72-52(62)43-41-39-37-35-33-31-29-27-22-20-18-16-14-12-10-8-6-4-2)47-70-59-58(68)56(66)54(64)51(74-59)48-71-60-57(67)55(65)53(63)50(45-61)73-60/h5,7,11,13,17,19-20,22-24,49-51,53-61,63-68H,3-4,6,8-10,12,14-16,18,21,25-48H2,1-2H3/b7-5-,13-11-,19-17-,22-20-,24-23-. The predicted molar refractivity (Wildman–Crippen MR) is 293 cm³/mol. The van der Waals surface area contributed by atoms with Crippen LogP contribution < -0.4 is 0 Å². The summed E-state index contributed by atoms with van der Waals surface area (Å²) in [5.41, 5.74) is 0. The lowest BCUT2D eigenvalue weighted by Gasteiger charge is -2.42. The average molecular weight is 1050 g/mol. The van der Waals surface area contributed by atoms with E-state index in [9.17, 15) is 40.5 Å². The molecule has 2 saturated heterocycles. The van der Waals surface area contributed by atoms with E-state index in [-0.39, 0.29) is 25.6 Å². The number of allylic oxidation sites excluding steroid dienone is 10. The molecule has 0 aromatic rings. The normalized spacial score (nSPS) is 25.2. The first kappa shape index (κ1) is 67.8. The van der Waals surface area contributed by atoms with E-state index in [1.807, 2.05) is 0 Å². The van der Waals surface area contributed by atoms with Crippen LogP contribution in [0.25, 0.3) is 0 Å². The predicted octanol–water partition coefficient (Wildman–Crippen LogP) is 10.5. The molecule has 7 N–H and O–H groups in total. The van der Waals surface area contributed by atoms with Gasteiger partial charge in [-0.25, -0.2) is 0 Å². The molecule has 74 heavy (non-hydrogen) atoms. The van der Waals surface area contributed by atoms with Crippen LogP contribution in [-0.4, -0.2) is 142 Å². The number of hydrogen-bond acceptors (Lipinski definition) is 14. The summed E-state index contributed by atoms with van der Waals surface area (Å²) in [5, 5.41) is 72.4. The van der Waals surface area contributed by atoms with Gasteiger partial charge in [-0.3, -0.25) is 4.79 Å². The van der Waals surface area contributed by atoms with Crippen molar-refractivity contribution in [3.63, 3.8) is 0 Å². The molecule has 11 atom stereocenters. The number of esters is 1. The van der Waals surface area contributed by atoms with E-state index < -0.39 is 80.7 Å². The Hall–Kier alpha value is -2.31. The first-order chi connectivity index (χ1) is 36.1. The Morgan fingerprint density at radius 2 is 0.878 bits per heavy atom. The molecule has 2 heterocycles. The zero-order chi connectivity index (χ0) is 53.7. The number of hydrogen-bond donors (Lipinski definition) is 7. The number of rotatable bonds is 47. The van der Waals surface area contributed by atoms with Gasteiger partial charge in [-0.15, -0.1) is 0 Å². The molecule has 2 aliphatic rings. The second kappa shape index (κ2) is 46.8. The molecule has 2 fully saturated rings. The first-order valence-corrected chi connectivity index (χ1v) is 29.4. The van der Waals surface area contributed by atoms with Gasteiger partial charge in [-0.2, -0.15) is 0 Å². The fraction of sp³-hybridized carbons (Fsp3) is 0.817. The maximum absolute atomic E-state index is 13.1. The Balaban J connectivity index is 1.72. The topological polar surface area (TPSA) is 214 Å². The fourth-order valence-electron chi connectivity index (χ4n) is 9.04. The monoisotopic (exact) mass is 1050 g/mol. The van der Waals surface area contributed by atoms with Gasteiger partial charge in [0.1, 0.15) is 54.9 Å². The van der Waals surface area contributed by atoms with Crippen molar-refractivity contribution < 1.29 is 69.0 Å². The highest BCUT2D eigenvalue weighted by Crippen LogP contribution is 2.27. The van der Waals surface area contributed by atoms with Crippen LogP contribution in [0.2, 0.25) is 0 Å². The molecule has 14 heteroatoms. The molecule has 0 aliphatic carbocycles. The average Bonchev–Trinajstić information content (AvgIpc) is 3.40. The smallest absolute Gasteiger partial charge is 0.306 e. The maximum Gasteiger partial charge on any atom is 0.306 e. The summed E-state index contributed by atoms with van der Waals surface area (Å²) in [5.74, 6) is -0.383. The third kappa shape index (κ3) is 33.1. The van der Waals surface area contributed by atoms with E-state index in [0.29, 0.717) is 13.0 Å². The van der Waals surface area contributed by atoms with E-state index in [1.54, 1.807) is 0 Å². The molecule has 0 aromatic heterocycles. The highest BCUT2D eigenvalue weighted by Gasteiger charge is 2.47. The molecular formula is C60H106O14. The lowest BCUT2D eigenvalue weighted by atomic mass is 9.98. The third-order valence-corrected chi connectivity index (χ3v) is 13.8. The van der Waals surface area contributed by atoms with Crippen LogP contribution in [0.15, 0.2) is 60.8 Å². The van der Waals surface area contributed by atoms with Gasteiger partial charge in [0.2, 0.25) is 0 Å². The highest BCUT2D eigenvalue weighted by atomic mass is 16.7. The largest absolute Gasteiger partial charge is 0.457 e. The zero-order valence-electron chi connectivity index (χ0n) is 46.1. The van der Waals surface area contributed by atoms with Crippen molar-refractivity contribution in [3.8, 4) is 0 Å². The van der Waals surface area contributed by atoms with Crippen LogP contribution >= 0.6 is 0 Å². The summed E-state index contributed by atoms with van der Waals surface area (Å²) in [7, 11) is 0. The molecule has 11 unspecified atom stereocenters. The van der Waals surface area contributed by atoms with Crippen molar-refractivity contribution in [3.05, 3.63) is 60.8 Å².